The second-order valence-electron chi connectivity index (χ2n) is 5.90. The summed E-state index contributed by atoms with van der Waals surface area (Å²) in [7, 11) is 1.54. The Bertz CT molecular complexity index is 1100. The number of hydrogen-bond acceptors (Lipinski definition) is 6. The topological polar surface area (TPSA) is 101 Å². The summed E-state index contributed by atoms with van der Waals surface area (Å²) in [5, 5.41) is 11.5. The van der Waals surface area contributed by atoms with Gasteiger partial charge in [-0.1, -0.05) is 12.1 Å². The minimum Gasteiger partial charge on any atom is -0.406 e. The average molecular weight is 394 g/mol. The molecule has 2 aromatic carbocycles. The predicted octanol–water partition coefficient (Wildman–Crippen LogP) is 3.37. The van der Waals surface area contributed by atoms with Crippen LogP contribution in [0.1, 0.15) is 5.56 Å². The number of aromatic amines is 1. The van der Waals surface area contributed by atoms with Crippen molar-refractivity contribution in [1.82, 2.24) is 9.97 Å². The van der Waals surface area contributed by atoms with Gasteiger partial charge in [-0.05, 0) is 23.8 Å². The number of nitrogens with zero attached hydrogens (tertiary/aromatic N) is 3. The van der Waals surface area contributed by atoms with E-state index in [1.807, 2.05) is 0 Å². The number of benzene rings is 2. The molecular weight excluding hydrogens is 381 g/mol. The summed E-state index contributed by atoms with van der Waals surface area (Å²) in [4.78, 5) is 30.5. The molecule has 3 aromatic rings. The number of aromatic nitrogens is 2. The Kier molecular flexibility index (Phi) is 4.91. The van der Waals surface area contributed by atoms with Crippen LogP contribution in [0.15, 0.2) is 47.5 Å². The van der Waals surface area contributed by atoms with Crippen LogP contribution in [-0.4, -0.2) is 28.3 Å². The molecule has 0 aliphatic rings. The van der Waals surface area contributed by atoms with E-state index in [1.54, 1.807) is 13.1 Å². The van der Waals surface area contributed by atoms with Crippen LogP contribution in [0.4, 0.5) is 24.5 Å². The van der Waals surface area contributed by atoms with Crippen molar-refractivity contribution >= 4 is 22.3 Å². The van der Waals surface area contributed by atoms with Gasteiger partial charge in [-0.3, -0.25) is 14.9 Å². The Morgan fingerprint density at radius 2 is 2.04 bits per heavy atom. The molecule has 0 atom stereocenters. The molecule has 0 bridgehead atoms. The van der Waals surface area contributed by atoms with Crippen LogP contribution in [0.3, 0.4) is 0 Å². The number of nitro groups is 1. The molecule has 0 radical (unpaired) electrons. The van der Waals surface area contributed by atoms with Crippen molar-refractivity contribution in [3.8, 4) is 5.75 Å². The van der Waals surface area contributed by atoms with Gasteiger partial charge in [-0.2, -0.15) is 0 Å². The Labute approximate surface area is 155 Å². The van der Waals surface area contributed by atoms with Crippen molar-refractivity contribution in [2.24, 2.45) is 0 Å². The van der Waals surface area contributed by atoms with Gasteiger partial charge in [0.25, 0.3) is 11.2 Å². The third-order valence-corrected chi connectivity index (χ3v) is 3.90. The lowest BCUT2D eigenvalue weighted by molar-refractivity contribution is -0.384. The first kappa shape index (κ1) is 19.1. The quantitative estimate of drug-likeness (QED) is 0.526. The number of rotatable bonds is 5. The van der Waals surface area contributed by atoms with Gasteiger partial charge >= 0.3 is 6.36 Å². The SMILES string of the molecule is CN(Cc1cccc(OC(F)(F)F)c1)c1cc2nc[nH]c(=O)c2cc1[N+](=O)[O-]. The van der Waals surface area contributed by atoms with Gasteiger partial charge in [-0.25, -0.2) is 4.98 Å². The van der Waals surface area contributed by atoms with E-state index >= 15 is 0 Å². The normalized spacial score (nSPS) is 11.4. The molecule has 0 aliphatic carbocycles. The number of halogens is 3. The molecule has 0 amide bonds. The van der Waals surface area contributed by atoms with Crippen LogP contribution in [0.25, 0.3) is 10.9 Å². The summed E-state index contributed by atoms with van der Waals surface area (Å²) < 4.78 is 41.0. The van der Waals surface area contributed by atoms with E-state index in [4.69, 9.17) is 0 Å². The van der Waals surface area contributed by atoms with Crippen LogP contribution in [0.2, 0.25) is 0 Å². The first-order chi connectivity index (χ1) is 13.1. The fourth-order valence-corrected chi connectivity index (χ4v) is 2.74. The fraction of sp³-hybridized carbons (Fsp3) is 0.176. The molecule has 8 nitrogen and oxygen atoms in total. The van der Waals surface area contributed by atoms with Crippen LogP contribution >= 0.6 is 0 Å². The summed E-state index contributed by atoms with van der Waals surface area (Å²) >= 11 is 0. The first-order valence-corrected chi connectivity index (χ1v) is 7.86. The second kappa shape index (κ2) is 7.18. The van der Waals surface area contributed by atoms with Crippen LogP contribution in [0, 0.1) is 10.1 Å². The van der Waals surface area contributed by atoms with Gasteiger partial charge in [0.1, 0.15) is 11.4 Å². The number of ether oxygens (including phenoxy) is 1. The van der Waals surface area contributed by atoms with Gasteiger partial charge in [0.2, 0.25) is 0 Å². The minimum absolute atomic E-state index is 0.0601. The number of H-pyrrole nitrogens is 1. The van der Waals surface area contributed by atoms with E-state index in [0.29, 0.717) is 5.56 Å². The second-order valence-corrected chi connectivity index (χ2v) is 5.90. The molecule has 0 unspecified atom stereocenters. The Morgan fingerprint density at radius 1 is 1.29 bits per heavy atom. The minimum atomic E-state index is -4.82. The fourth-order valence-electron chi connectivity index (χ4n) is 2.74. The molecule has 28 heavy (non-hydrogen) atoms. The first-order valence-electron chi connectivity index (χ1n) is 7.86. The van der Waals surface area contributed by atoms with E-state index in [-0.39, 0.29) is 34.6 Å². The zero-order chi connectivity index (χ0) is 20.5. The smallest absolute Gasteiger partial charge is 0.406 e. The van der Waals surface area contributed by atoms with E-state index < -0.39 is 16.8 Å². The number of nitro benzene ring substituents is 1. The van der Waals surface area contributed by atoms with Gasteiger partial charge in [0, 0.05) is 19.7 Å². The molecule has 0 saturated carbocycles. The number of anilines is 1. The third-order valence-electron chi connectivity index (χ3n) is 3.90. The molecule has 0 spiro atoms. The summed E-state index contributed by atoms with van der Waals surface area (Å²) in [6, 6.07) is 7.82. The number of fused-ring (bicyclic) bond motifs is 1. The van der Waals surface area contributed by atoms with Crippen LogP contribution in [-0.2, 0) is 6.54 Å². The van der Waals surface area contributed by atoms with E-state index in [2.05, 4.69) is 14.7 Å². The lowest BCUT2D eigenvalue weighted by atomic mass is 10.1. The highest BCUT2D eigenvalue weighted by Gasteiger charge is 2.31. The summed E-state index contributed by atoms with van der Waals surface area (Å²) in [5.41, 5.74) is 0.0242. The summed E-state index contributed by atoms with van der Waals surface area (Å²) in [6.07, 6.45) is -3.64. The molecule has 3 rings (SSSR count). The molecule has 1 heterocycles. The van der Waals surface area contributed by atoms with Crippen molar-refractivity contribution in [3.05, 3.63) is 68.8 Å². The molecule has 146 valence electrons. The monoisotopic (exact) mass is 394 g/mol. The molecule has 11 heteroatoms. The average Bonchev–Trinajstić information content (AvgIpc) is 2.59. The van der Waals surface area contributed by atoms with Crippen molar-refractivity contribution in [3.63, 3.8) is 0 Å². The van der Waals surface area contributed by atoms with Gasteiger partial charge in [0.15, 0.2) is 0 Å². The van der Waals surface area contributed by atoms with E-state index in [1.165, 1.54) is 29.4 Å². The van der Waals surface area contributed by atoms with Gasteiger partial charge in [-0.15, -0.1) is 13.2 Å². The van der Waals surface area contributed by atoms with Crippen molar-refractivity contribution in [2.45, 2.75) is 12.9 Å². The van der Waals surface area contributed by atoms with E-state index in [9.17, 15) is 28.1 Å². The maximum atomic E-state index is 12.4. The molecule has 0 aliphatic heterocycles. The lowest BCUT2D eigenvalue weighted by Crippen LogP contribution is -2.19. The van der Waals surface area contributed by atoms with Crippen molar-refractivity contribution in [1.29, 1.82) is 0 Å². The Balaban J connectivity index is 1.96. The summed E-state index contributed by atoms with van der Waals surface area (Å²) in [6.45, 7) is 0.0601. The van der Waals surface area contributed by atoms with Gasteiger partial charge < -0.3 is 14.6 Å². The number of hydrogen-bond donors (Lipinski definition) is 1. The van der Waals surface area contributed by atoms with Crippen molar-refractivity contribution < 1.29 is 22.8 Å². The van der Waals surface area contributed by atoms with Gasteiger partial charge in [0.05, 0.1) is 22.2 Å². The highest BCUT2D eigenvalue weighted by atomic mass is 19.4. The predicted molar refractivity (Wildman–Crippen MR) is 94.3 cm³/mol. The third kappa shape index (κ3) is 4.19. The zero-order valence-corrected chi connectivity index (χ0v) is 14.4. The zero-order valence-electron chi connectivity index (χ0n) is 14.4. The van der Waals surface area contributed by atoms with Crippen LogP contribution in [0.5, 0.6) is 5.75 Å². The van der Waals surface area contributed by atoms with Crippen molar-refractivity contribution in [2.75, 3.05) is 11.9 Å². The van der Waals surface area contributed by atoms with E-state index in [0.717, 1.165) is 12.1 Å². The molecular formula is C17H13F3N4O4. The molecule has 1 aromatic heterocycles. The largest absolute Gasteiger partial charge is 0.573 e. The molecule has 1 N–H and O–H groups in total. The number of alkyl halides is 3. The standard InChI is InChI=1S/C17H13F3N4O4/c1-23(8-10-3-2-4-11(5-10)28-17(18,19)20)14-7-13-12(6-15(14)24(26)27)16(25)22-9-21-13/h2-7,9H,8H2,1H3,(H,21,22,25). The Morgan fingerprint density at radius 3 is 2.71 bits per heavy atom. The maximum Gasteiger partial charge on any atom is 0.573 e. The number of nitrogens with one attached hydrogen (secondary N) is 1. The van der Waals surface area contributed by atoms with Crippen LogP contribution < -0.4 is 15.2 Å². The highest BCUT2D eigenvalue weighted by molar-refractivity contribution is 5.86. The molecule has 0 fully saturated rings. The lowest BCUT2D eigenvalue weighted by Gasteiger charge is -2.20. The molecule has 0 saturated heterocycles. The maximum absolute atomic E-state index is 12.4. The summed E-state index contributed by atoms with van der Waals surface area (Å²) in [5.74, 6) is -0.389. The highest BCUT2D eigenvalue weighted by Crippen LogP contribution is 2.32. The Hall–Kier alpha value is -3.63.